The molecule has 0 bridgehead atoms. The SMILES string of the molecule is Cc1cc(N(C)CC(O)C2CC2)ccn1. The van der Waals surface area contributed by atoms with Gasteiger partial charge in [-0.15, -0.1) is 0 Å². The Kier molecular flexibility index (Phi) is 2.91. The molecule has 2 rings (SSSR count). The normalized spacial score (nSPS) is 17.5. The second kappa shape index (κ2) is 4.19. The van der Waals surface area contributed by atoms with Crippen molar-refractivity contribution in [2.45, 2.75) is 25.9 Å². The zero-order valence-electron chi connectivity index (χ0n) is 9.35. The molecular weight excluding hydrogens is 188 g/mol. The molecule has 1 aliphatic rings. The molecule has 1 fully saturated rings. The highest BCUT2D eigenvalue weighted by Gasteiger charge is 2.30. The Morgan fingerprint density at radius 1 is 1.60 bits per heavy atom. The average Bonchev–Trinajstić information content (AvgIpc) is 3.00. The smallest absolute Gasteiger partial charge is 0.0743 e. The maximum absolute atomic E-state index is 9.83. The van der Waals surface area contributed by atoms with Crippen molar-refractivity contribution in [1.82, 2.24) is 4.98 Å². The van der Waals surface area contributed by atoms with Crippen LogP contribution in [0, 0.1) is 12.8 Å². The number of pyridine rings is 1. The van der Waals surface area contributed by atoms with E-state index >= 15 is 0 Å². The molecular formula is C12H18N2O. The number of aryl methyl sites for hydroxylation is 1. The van der Waals surface area contributed by atoms with Gasteiger partial charge in [0.25, 0.3) is 0 Å². The largest absolute Gasteiger partial charge is 0.391 e. The Hall–Kier alpha value is -1.09. The van der Waals surface area contributed by atoms with Gasteiger partial charge in [0.1, 0.15) is 0 Å². The second-order valence-corrected chi connectivity index (χ2v) is 4.44. The van der Waals surface area contributed by atoms with Crippen LogP contribution in [0.25, 0.3) is 0 Å². The third-order valence-corrected chi connectivity index (χ3v) is 2.95. The molecule has 0 radical (unpaired) electrons. The van der Waals surface area contributed by atoms with Gasteiger partial charge in [0, 0.05) is 31.2 Å². The lowest BCUT2D eigenvalue weighted by atomic mass is 10.2. The van der Waals surface area contributed by atoms with Crippen molar-refractivity contribution in [2.24, 2.45) is 5.92 Å². The summed E-state index contributed by atoms with van der Waals surface area (Å²) >= 11 is 0. The van der Waals surface area contributed by atoms with E-state index in [-0.39, 0.29) is 6.10 Å². The Labute approximate surface area is 90.8 Å². The summed E-state index contributed by atoms with van der Waals surface area (Å²) < 4.78 is 0. The molecule has 0 spiro atoms. The number of hydrogen-bond donors (Lipinski definition) is 1. The fraction of sp³-hybridized carbons (Fsp3) is 0.583. The molecule has 0 saturated heterocycles. The van der Waals surface area contributed by atoms with Gasteiger partial charge in [0.2, 0.25) is 0 Å². The molecule has 0 aromatic carbocycles. The van der Waals surface area contributed by atoms with E-state index in [1.165, 1.54) is 12.8 Å². The van der Waals surface area contributed by atoms with Gasteiger partial charge in [-0.25, -0.2) is 0 Å². The lowest BCUT2D eigenvalue weighted by Crippen LogP contribution is -2.30. The molecule has 1 aliphatic carbocycles. The lowest BCUT2D eigenvalue weighted by Gasteiger charge is -2.22. The molecule has 1 aromatic heterocycles. The van der Waals surface area contributed by atoms with Gasteiger partial charge in [0.05, 0.1) is 6.10 Å². The third kappa shape index (κ3) is 2.69. The van der Waals surface area contributed by atoms with Gasteiger partial charge >= 0.3 is 0 Å². The molecule has 82 valence electrons. The Bertz CT molecular complexity index is 336. The fourth-order valence-corrected chi connectivity index (χ4v) is 1.78. The highest BCUT2D eigenvalue weighted by atomic mass is 16.3. The van der Waals surface area contributed by atoms with Gasteiger partial charge in [-0.3, -0.25) is 4.98 Å². The Balaban J connectivity index is 1.97. The van der Waals surface area contributed by atoms with Gasteiger partial charge in [-0.1, -0.05) is 0 Å². The minimum atomic E-state index is -0.177. The van der Waals surface area contributed by atoms with Crippen molar-refractivity contribution in [3.05, 3.63) is 24.0 Å². The quantitative estimate of drug-likeness (QED) is 0.813. The first-order valence-corrected chi connectivity index (χ1v) is 5.48. The summed E-state index contributed by atoms with van der Waals surface area (Å²) in [4.78, 5) is 6.25. The number of aromatic nitrogens is 1. The van der Waals surface area contributed by atoms with E-state index in [4.69, 9.17) is 0 Å². The van der Waals surface area contributed by atoms with E-state index in [2.05, 4.69) is 9.88 Å². The molecule has 1 heterocycles. The number of hydrogen-bond acceptors (Lipinski definition) is 3. The Morgan fingerprint density at radius 2 is 2.33 bits per heavy atom. The maximum atomic E-state index is 9.83. The summed E-state index contributed by atoms with van der Waals surface area (Å²) in [5, 5.41) is 9.83. The molecule has 1 N–H and O–H groups in total. The first-order valence-electron chi connectivity index (χ1n) is 5.48. The van der Waals surface area contributed by atoms with E-state index in [1.807, 2.05) is 32.3 Å². The monoisotopic (exact) mass is 206 g/mol. The number of likely N-dealkylation sites (N-methyl/N-ethyl adjacent to an activating group) is 1. The van der Waals surface area contributed by atoms with Gasteiger partial charge in [-0.05, 0) is 37.8 Å². The first kappa shape index (κ1) is 10.4. The first-order chi connectivity index (χ1) is 7.16. The van der Waals surface area contributed by atoms with E-state index in [0.717, 1.165) is 11.4 Å². The van der Waals surface area contributed by atoms with Crippen LogP contribution in [0.5, 0.6) is 0 Å². The van der Waals surface area contributed by atoms with Crippen LogP contribution in [0.3, 0.4) is 0 Å². The van der Waals surface area contributed by atoms with Crippen LogP contribution < -0.4 is 4.90 Å². The van der Waals surface area contributed by atoms with Crippen molar-refractivity contribution < 1.29 is 5.11 Å². The fourth-order valence-electron chi connectivity index (χ4n) is 1.78. The number of rotatable bonds is 4. The summed E-state index contributed by atoms with van der Waals surface area (Å²) in [6, 6.07) is 4.02. The summed E-state index contributed by atoms with van der Waals surface area (Å²) in [7, 11) is 2.01. The summed E-state index contributed by atoms with van der Waals surface area (Å²) in [6.45, 7) is 2.70. The van der Waals surface area contributed by atoms with Crippen molar-refractivity contribution in [2.75, 3.05) is 18.5 Å². The summed E-state index contributed by atoms with van der Waals surface area (Å²) in [5.74, 6) is 0.537. The summed E-state index contributed by atoms with van der Waals surface area (Å²) in [5.41, 5.74) is 2.14. The van der Waals surface area contributed by atoms with Crippen molar-refractivity contribution in [3.8, 4) is 0 Å². The Morgan fingerprint density at radius 3 is 2.93 bits per heavy atom. The van der Waals surface area contributed by atoms with E-state index in [1.54, 1.807) is 0 Å². The van der Waals surface area contributed by atoms with Gasteiger partial charge in [0.15, 0.2) is 0 Å². The molecule has 3 nitrogen and oxygen atoms in total. The average molecular weight is 206 g/mol. The standard InChI is InChI=1S/C12H18N2O/c1-9-7-11(5-6-13-9)14(2)8-12(15)10-3-4-10/h5-7,10,12,15H,3-4,8H2,1-2H3. The predicted molar refractivity (Wildman–Crippen MR) is 61.0 cm³/mol. The van der Waals surface area contributed by atoms with Crippen molar-refractivity contribution in [1.29, 1.82) is 0 Å². The third-order valence-electron chi connectivity index (χ3n) is 2.95. The van der Waals surface area contributed by atoms with Gasteiger partial charge < -0.3 is 10.0 Å². The molecule has 1 unspecified atom stereocenters. The van der Waals surface area contributed by atoms with Crippen LogP contribution in [-0.2, 0) is 0 Å². The molecule has 0 aliphatic heterocycles. The number of nitrogens with zero attached hydrogens (tertiary/aromatic N) is 2. The topological polar surface area (TPSA) is 36.4 Å². The van der Waals surface area contributed by atoms with E-state index < -0.39 is 0 Å². The van der Waals surface area contributed by atoms with Crippen LogP contribution in [0.15, 0.2) is 18.3 Å². The zero-order chi connectivity index (χ0) is 10.8. The van der Waals surface area contributed by atoms with E-state index in [0.29, 0.717) is 12.5 Å². The zero-order valence-corrected chi connectivity index (χ0v) is 9.35. The highest BCUT2D eigenvalue weighted by Crippen LogP contribution is 2.33. The predicted octanol–water partition coefficient (Wildman–Crippen LogP) is 1.60. The minimum Gasteiger partial charge on any atom is -0.391 e. The van der Waals surface area contributed by atoms with Gasteiger partial charge in [-0.2, -0.15) is 0 Å². The van der Waals surface area contributed by atoms with Crippen LogP contribution in [0.2, 0.25) is 0 Å². The molecule has 15 heavy (non-hydrogen) atoms. The van der Waals surface area contributed by atoms with E-state index in [9.17, 15) is 5.11 Å². The lowest BCUT2D eigenvalue weighted by molar-refractivity contribution is 0.158. The molecule has 0 amide bonds. The minimum absolute atomic E-state index is 0.177. The maximum Gasteiger partial charge on any atom is 0.0743 e. The highest BCUT2D eigenvalue weighted by molar-refractivity contribution is 5.45. The van der Waals surface area contributed by atoms with Crippen LogP contribution >= 0.6 is 0 Å². The number of aliphatic hydroxyl groups is 1. The number of anilines is 1. The van der Waals surface area contributed by atoms with Crippen LogP contribution in [-0.4, -0.2) is 29.8 Å². The molecule has 1 saturated carbocycles. The molecule has 3 heteroatoms. The van der Waals surface area contributed by atoms with Crippen LogP contribution in [0.4, 0.5) is 5.69 Å². The molecule has 1 aromatic rings. The summed E-state index contributed by atoms with van der Waals surface area (Å²) in [6.07, 6.45) is 4.00. The van der Waals surface area contributed by atoms with Crippen LogP contribution in [0.1, 0.15) is 18.5 Å². The second-order valence-electron chi connectivity index (χ2n) is 4.44. The van der Waals surface area contributed by atoms with Crippen molar-refractivity contribution in [3.63, 3.8) is 0 Å². The van der Waals surface area contributed by atoms with Crippen molar-refractivity contribution >= 4 is 5.69 Å². The number of aliphatic hydroxyl groups excluding tert-OH is 1. The molecule has 1 atom stereocenters.